The molecule has 102 valence electrons. The Kier molecular flexibility index (Phi) is 3.61. The quantitative estimate of drug-likeness (QED) is 0.670. The van der Waals surface area contributed by atoms with Crippen LogP contribution in [0.3, 0.4) is 0 Å². The van der Waals surface area contributed by atoms with Crippen LogP contribution in [0, 0.1) is 21.4 Å². The lowest BCUT2D eigenvalue weighted by Crippen LogP contribution is -2.13. The van der Waals surface area contributed by atoms with Crippen LogP contribution in [-0.2, 0) is 7.05 Å². The highest BCUT2D eigenvalue weighted by molar-refractivity contribution is 5.64. The molecule has 1 aromatic carbocycles. The van der Waals surface area contributed by atoms with Crippen LogP contribution >= 0.6 is 0 Å². The molecule has 0 saturated heterocycles. The average molecular weight is 272 g/mol. The van der Waals surface area contributed by atoms with E-state index < -0.39 is 4.92 Å². The van der Waals surface area contributed by atoms with E-state index in [9.17, 15) is 10.1 Å². The molecule has 1 atom stereocenters. The molecule has 0 aliphatic carbocycles. The van der Waals surface area contributed by atoms with Crippen LogP contribution < -0.4 is 5.32 Å². The minimum atomic E-state index is -0.493. The number of hydrogen-bond acceptors (Lipinski definition) is 6. The molecule has 0 fully saturated rings. The lowest BCUT2D eigenvalue weighted by Gasteiger charge is -2.14. The Morgan fingerprint density at radius 2 is 2.30 bits per heavy atom. The number of benzene rings is 1. The maximum Gasteiger partial charge on any atom is 0.292 e. The second-order valence-corrected chi connectivity index (χ2v) is 4.27. The molecule has 0 spiro atoms. The number of hydrogen-bond donors (Lipinski definition) is 1. The summed E-state index contributed by atoms with van der Waals surface area (Å²) in [6, 6.07) is 5.85. The molecule has 0 aliphatic heterocycles. The first-order chi connectivity index (χ1) is 9.52. The van der Waals surface area contributed by atoms with Gasteiger partial charge in [0.1, 0.15) is 12.0 Å². The van der Waals surface area contributed by atoms with Crippen molar-refractivity contribution in [2.24, 2.45) is 7.05 Å². The van der Waals surface area contributed by atoms with Crippen molar-refractivity contribution in [1.82, 2.24) is 14.8 Å². The van der Waals surface area contributed by atoms with E-state index in [1.807, 2.05) is 13.0 Å². The van der Waals surface area contributed by atoms with Crippen LogP contribution in [-0.4, -0.2) is 19.7 Å². The second kappa shape index (κ2) is 5.36. The SMILES string of the molecule is CC(Nc1cc(C#N)ccc1[N+](=O)[O-])c1nncn1C. The van der Waals surface area contributed by atoms with Crippen molar-refractivity contribution in [2.75, 3.05) is 5.32 Å². The van der Waals surface area contributed by atoms with Crippen molar-refractivity contribution >= 4 is 11.4 Å². The van der Waals surface area contributed by atoms with Crippen molar-refractivity contribution in [1.29, 1.82) is 5.26 Å². The molecule has 0 amide bonds. The normalized spacial score (nSPS) is 11.7. The number of nitrogens with zero attached hydrogens (tertiary/aromatic N) is 5. The van der Waals surface area contributed by atoms with Crippen molar-refractivity contribution < 1.29 is 4.92 Å². The van der Waals surface area contributed by atoms with E-state index in [0.29, 0.717) is 11.4 Å². The van der Waals surface area contributed by atoms with Gasteiger partial charge in [-0.2, -0.15) is 5.26 Å². The lowest BCUT2D eigenvalue weighted by molar-refractivity contribution is -0.384. The molecule has 0 bridgehead atoms. The van der Waals surface area contributed by atoms with E-state index >= 15 is 0 Å². The van der Waals surface area contributed by atoms with E-state index in [0.717, 1.165) is 0 Å². The van der Waals surface area contributed by atoms with Gasteiger partial charge in [-0.05, 0) is 19.1 Å². The van der Waals surface area contributed by atoms with Gasteiger partial charge in [-0.25, -0.2) is 0 Å². The summed E-state index contributed by atoms with van der Waals surface area (Å²) in [5, 5.41) is 30.6. The highest BCUT2D eigenvalue weighted by Gasteiger charge is 2.18. The number of nitrogens with one attached hydrogen (secondary N) is 1. The molecule has 1 aromatic heterocycles. The zero-order chi connectivity index (χ0) is 14.7. The van der Waals surface area contributed by atoms with Gasteiger partial charge in [-0.1, -0.05) is 0 Å². The van der Waals surface area contributed by atoms with E-state index in [4.69, 9.17) is 5.26 Å². The zero-order valence-electron chi connectivity index (χ0n) is 10.9. The highest BCUT2D eigenvalue weighted by Crippen LogP contribution is 2.28. The second-order valence-electron chi connectivity index (χ2n) is 4.27. The minimum Gasteiger partial charge on any atom is -0.370 e. The fourth-order valence-corrected chi connectivity index (χ4v) is 1.86. The van der Waals surface area contributed by atoms with Crippen molar-refractivity contribution in [2.45, 2.75) is 13.0 Å². The van der Waals surface area contributed by atoms with E-state index in [2.05, 4.69) is 15.5 Å². The van der Waals surface area contributed by atoms with Crippen LogP contribution in [0.25, 0.3) is 0 Å². The van der Waals surface area contributed by atoms with Crippen LogP contribution in [0.2, 0.25) is 0 Å². The summed E-state index contributed by atoms with van der Waals surface area (Å²) in [6.07, 6.45) is 1.55. The van der Waals surface area contributed by atoms with E-state index in [1.165, 1.54) is 18.2 Å². The summed E-state index contributed by atoms with van der Waals surface area (Å²) in [5.74, 6) is 0.640. The van der Waals surface area contributed by atoms with Crippen LogP contribution in [0.15, 0.2) is 24.5 Å². The Bertz CT molecular complexity index is 687. The van der Waals surface area contributed by atoms with Gasteiger partial charge in [-0.15, -0.1) is 10.2 Å². The third-order valence-corrected chi connectivity index (χ3v) is 2.83. The Hall–Kier alpha value is -2.95. The fourth-order valence-electron chi connectivity index (χ4n) is 1.86. The first kappa shape index (κ1) is 13.5. The molecule has 0 aliphatic rings. The molecular weight excluding hydrogens is 260 g/mol. The monoisotopic (exact) mass is 272 g/mol. The molecule has 0 radical (unpaired) electrons. The average Bonchev–Trinajstić information content (AvgIpc) is 2.84. The molecule has 8 nitrogen and oxygen atoms in total. The molecule has 2 rings (SSSR count). The van der Waals surface area contributed by atoms with Gasteiger partial charge >= 0.3 is 0 Å². The fraction of sp³-hybridized carbons (Fsp3) is 0.250. The largest absolute Gasteiger partial charge is 0.370 e. The highest BCUT2D eigenvalue weighted by atomic mass is 16.6. The first-order valence-corrected chi connectivity index (χ1v) is 5.82. The van der Waals surface area contributed by atoms with Gasteiger partial charge in [0.25, 0.3) is 5.69 Å². The molecule has 1 heterocycles. The number of nitro groups is 1. The number of nitriles is 1. The molecule has 1 N–H and O–H groups in total. The Morgan fingerprint density at radius 1 is 1.55 bits per heavy atom. The summed E-state index contributed by atoms with van der Waals surface area (Å²) < 4.78 is 1.72. The third kappa shape index (κ3) is 2.56. The van der Waals surface area contributed by atoms with Crippen LogP contribution in [0.4, 0.5) is 11.4 Å². The van der Waals surface area contributed by atoms with Gasteiger partial charge in [0.2, 0.25) is 0 Å². The van der Waals surface area contributed by atoms with Crippen molar-refractivity contribution in [3.63, 3.8) is 0 Å². The summed E-state index contributed by atoms with van der Waals surface area (Å²) in [5.41, 5.74) is 0.547. The molecule has 0 saturated carbocycles. The summed E-state index contributed by atoms with van der Waals surface area (Å²) in [6.45, 7) is 1.81. The van der Waals surface area contributed by atoms with Crippen LogP contribution in [0.5, 0.6) is 0 Å². The first-order valence-electron chi connectivity index (χ1n) is 5.82. The molecule has 20 heavy (non-hydrogen) atoms. The van der Waals surface area contributed by atoms with Gasteiger partial charge in [-0.3, -0.25) is 10.1 Å². The molecule has 2 aromatic rings. The number of nitro benzene ring substituents is 1. The maximum atomic E-state index is 11.0. The van der Waals surface area contributed by atoms with E-state index in [1.54, 1.807) is 17.9 Å². The predicted molar refractivity (Wildman–Crippen MR) is 70.9 cm³/mol. The Morgan fingerprint density at radius 3 is 2.85 bits per heavy atom. The van der Waals surface area contributed by atoms with E-state index in [-0.39, 0.29) is 17.4 Å². The smallest absolute Gasteiger partial charge is 0.292 e. The Labute approximate surface area is 114 Å². The summed E-state index contributed by atoms with van der Waals surface area (Å²) in [4.78, 5) is 10.5. The number of anilines is 1. The van der Waals surface area contributed by atoms with Gasteiger partial charge in [0, 0.05) is 13.1 Å². The standard InChI is InChI=1S/C12H12N6O2/c1-8(12-16-14-7-17(12)2)15-10-5-9(6-13)3-4-11(10)18(19)20/h3-5,7-8,15H,1-2H3. The molecule has 1 unspecified atom stereocenters. The van der Waals surface area contributed by atoms with Gasteiger partial charge < -0.3 is 9.88 Å². The van der Waals surface area contributed by atoms with Gasteiger partial charge in [0.15, 0.2) is 5.82 Å². The lowest BCUT2D eigenvalue weighted by atomic mass is 10.1. The topological polar surface area (TPSA) is 110 Å². The zero-order valence-corrected chi connectivity index (χ0v) is 10.9. The third-order valence-electron chi connectivity index (χ3n) is 2.83. The van der Waals surface area contributed by atoms with Crippen LogP contribution in [0.1, 0.15) is 24.4 Å². The number of aryl methyl sites for hydroxylation is 1. The van der Waals surface area contributed by atoms with Crippen molar-refractivity contribution in [3.8, 4) is 6.07 Å². The van der Waals surface area contributed by atoms with Crippen molar-refractivity contribution in [3.05, 3.63) is 46.0 Å². The van der Waals surface area contributed by atoms with Gasteiger partial charge in [0.05, 0.1) is 22.6 Å². The number of rotatable bonds is 4. The maximum absolute atomic E-state index is 11.0. The molecular formula is C12H12N6O2. The number of aromatic nitrogens is 3. The summed E-state index contributed by atoms with van der Waals surface area (Å²) >= 11 is 0. The Balaban J connectivity index is 2.35. The summed E-state index contributed by atoms with van der Waals surface area (Å²) in [7, 11) is 1.79. The molecule has 8 heteroatoms. The minimum absolute atomic E-state index is 0.0852. The predicted octanol–water partition coefficient (Wildman–Crippen LogP) is 1.77.